The molecule has 0 saturated heterocycles. The molecule has 1 aliphatic rings. The van der Waals surface area contributed by atoms with Crippen LogP contribution < -0.4 is 5.32 Å². The number of nitrogens with zero attached hydrogens (tertiary/aromatic N) is 1. The SMILES string of the molecule is C[C@H]1CCC[C@@H](Nc2cccc(F)n2)C1. The normalized spacial score (nSPS) is 26.3. The first kappa shape index (κ1) is 10.4. The van der Waals surface area contributed by atoms with E-state index in [0.717, 1.165) is 12.3 Å². The Kier molecular flexibility index (Phi) is 3.19. The quantitative estimate of drug-likeness (QED) is 0.755. The van der Waals surface area contributed by atoms with Crippen LogP contribution in [0.1, 0.15) is 32.6 Å². The molecule has 1 aromatic heterocycles. The fraction of sp³-hybridized carbons (Fsp3) is 0.583. The van der Waals surface area contributed by atoms with E-state index in [1.54, 1.807) is 6.07 Å². The van der Waals surface area contributed by atoms with Crippen molar-refractivity contribution in [2.75, 3.05) is 5.32 Å². The van der Waals surface area contributed by atoms with Crippen molar-refractivity contribution in [2.45, 2.75) is 38.6 Å². The number of hydrogen-bond acceptors (Lipinski definition) is 2. The third-order valence-electron chi connectivity index (χ3n) is 3.00. The van der Waals surface area contributed by atoms with Gasteiger partial charge in [-0.1, -0.05) is 25.8 Å². The maximum Gasteiger partial charge on any atom is 0.214 e. The number of rotatable bonds is 2. The molecule has 15 heavy (non-hydrogen) atoms. The molecule has 0 unspecified atom stereocenters. The molecule has 0 spiro atoms. The standard InChI is InChI=1S/C12H17FN2/c1-9-4-2-5-10(8-9)14-12-7-3-6-11(13)15-12/h3,6-7,9-10H,2,4-5,8H2,1H3,(H,14,15)/t9-,10+/m0/s1. The summed E-state index contributed by atoms with van der Waals surface area (Å²) >= 11 is 0. The molecule has 0 radical (unpaired) electrons. The zero-order chi connectivity index (χ0) is 10.7. The molecule has 1 aromatic rings. The minimum atomic E-state index is -0.413. The summed E-state index contributed by atoms with van der Waals surface area (Å²) in [4.78, 5) is 3.81. The van der Waals surface area contributed by atoms with E-state index < -0.39 is 5.95 Å². The average molecular weight is 208 g/mol. The fourth-order valence-electron chi connectivity index (χ4n) is 2.26. The maximum atomic E-state index is 12.8. The van der Waals surface area contributed by atoms with E-state index in [-0.39, 0.29) is 0 Å². The van der Waals surface area contributed by atoms with Crippen LogP contribution in [0, 0.1) is 11.9 Å². The molecule has 1 aliphatic carbocycles. The highest BCUT2D eigenvalue weighted by Crippen LogP contribution is 2.25. The molecule has 1 saturated carbocycles. The highest BCUT2D eigenvalue weighted by Gasteiger charge is 2.18. The van der Waals surface area contributed by atoms with E-state index in [1.807, 2.05) is 6.07 Å². The number of aromatic nitrogens is 1. The van der Waals surface area contributed by atoms with Gasteiger partial charge in [0.15, 0.2) is 0 Å². The second-order valence-corrected chi connectivity index (χ2v) is 4.46. The lowest BCUT2D eigenvalue weighted by Crippen LogP contribution is -2.26. The first-order valence-corrected chi connectivity index (χ1v) is 5.63. The van der Waals surface area contributed by atoms with Gasteiger partial charge in [0.1, 0.15) is 5.82 Å². The van der Waals surface area contributed by atoms with E-state index in [2.05, 4.69) is 17.2 Å². The van der Waals surface area contributed by atoms with Crippen molar-refractivity contribution in [3.63, 3.8) is 0 Å². The largest absolute Gasteiger partial charge is 0.367 e. The molecule has 3 heteroatoms. The third kappa shape index (κ3) is 2.91. The highest BCUT2D eigenvalue weighted by molar-refractivity contribution is 5.34. The van der Waals surface area contributed by atoms with Gasteiger partial charge in [-0.15, -0.1) is 0 Å². The van der Waals surface area contributed by atoms with Gasteiger partial charge in [-0.2, -0.15) is 4.39 Å². The van der Waals surface area contributed by atoms with Gasteiger partial charge in [-0.05, 0) is 30.9 Å². The van der Waals surface area contributed by atoms with E-state index >= 15 is 0 Å². The van der Waals surface area contributed by atoms with Crippen molar-refractivity contribution in [3.05, 3.63) is 24.1 Å². The summed E-state index contributed by atoms with van der Waals surface area (Å²) in [6, 6.07) is 5.34. The number of anilines is 1. The van der Waals surface area contributed by atoms with Gasteiger partial charge < -0.3 is 5.32 Å². The first-order chi connectivity index (χ1) is 7.24. The Morgan fingerprint density at radius 1 is 1.40 bits per heavy atom. The van der Waals surface area contributed by atoms with Gasteiger partial charge in [0.05, 0.1) is 0 Å². The van der Waals surface area contributed by atoms with Gasteiger partial charge in [-0.25, -0.2) is 4.98 Å². The van der Waals surface area contributed by atoms with Crippen LogP contribution in [-0.4, -0.2) is 11.0 Å². The lowest BCUT2D eigenvalue weighted by Gasteiger charge is -2.27. The lowest BCUT2D eigenvalue weighted by molar-refractivity contribution is 0.358. The average Bonchev–Trinajstić information content (AvgIpc) is 2.17. The van der Waals surface area contributed by atoms with Crippen molar-refractivity contribution >= 4 is 5.82 Å². The van der Waals surface area contributed by atoms with Crippen LogP contribution >= 0.6 is 0 Å². The minimum Gasteiger partial charge on any atom is -0.367 e. The molecule has 1 fully saturated rings. The summed E-state index contributed by atoms with van der Waals surface area (Å²) in [5.74, 6) is 1.02. The van der Waals surface area contributed by atoms with Crippen LogP contribution in [-0.2, 0) is 0 Å². The smallest absolute Gasteiger partial charge is 0.214 e. The van der Waals surface area contributed by atoms with Crippen LogP contribution in [0.4, 0.5) is 10.2 Å². The Morgan fingerprint density at radius 2 is 2.27 bits per heavy atom. The van der Waals surface area contributed by atoms with Crippen molar-refractivity contribution in [1.29, 1.82) is 0 Å². The fourth-order valence-corrected chi connectivity index (χ4v) is 2.26. The summed E-state index contributed by atoms with van der Waals surface area (Å²) in [6.07, 6.45) is 4.91. The number of nitrogens with one attached hydrogen (secondary N) is 1. The van der Waals surface area contributed by atoms with Crippen molar-refractivity contribution in [2.24, 2.45) is 5.92 Å². The summed E-state index contributed by atoms with van der Waals surface area (Å²) in [6.45, 7) is 2.27. The van der Waals surface area contributed by atoms with Crippen molar-refractivity contribution in [3.8, 4) is 0 Å². The molecule has 1 N–H and O–H groups in total. The number of pyridine rings is 1. The second-order valence-electron chi connectivity index (χ2n) is 4.46. The predicted molar refractivity (Wildman–Crippen MR) is 59.2 cm³/mol. The van der Waals surface area contributed by atoms with Gasteiger partial charge in [-0.3, -0.25) is 0 Å². The van der Waals surface area contributed by atoms with E-state index in [0.29, 0.717) is 11.9 Å². The molecule has 0 bridgehead atoms. The Labute approximate surface area is 89.9 Å². The Bertz CT molecular complexity index is 327. The Balaban J connectivity index is 1.96. The monoisotopic (exact) mass is 208 g/mol. The predicted octanol–water partition coefficient (Wildman–Crippen LogP) is 3.21. The molecule has 1 heterocycles. The summed E-state index contributed by atoms with van der Waals surface area (Å²) < 4.78 is 12.8. The minimum absolute atomic E-state index is 0.413. The van der Waals surface area contributed by atoms with E-state index in [4.69, 9.17) is 0 Å². The van der Waals surface area contributed by atoms with Gasteiger partial charge in [0.25, 0.3) is 0 Å². The summed E-state index contributed by atoms with van der Waals surface area (Å²) in [7, 11) is 0. The molecular formula is C12H17FN2. The van der Waals surface area contributed by atoms with Crippen LogP contribution in [0.15, 0.2) is 18.2 Å². The molecular weight excluding hydrogens is 191 g/mol. The van der Waals surface area contributed by atoms with Gasteiger partial charge in [0, 0.05) is 6.04 Å². The van der Waals surface area contributed by atoms with Crippen LogP contribution in [0.25, 0.3) is 0 Å². The van der Waals surface area contributed by atoms with Gasteiger partial charge >= 0.3 is 0 Å². The van der Waals surface area contributed by atoms with Crippen LogP contribution in [0.2, 0.25) is 0 Å². The highest BCUT2D eigenvalue weighted by atomic mass is 19.1. The molecule has 0 aliphatic heterocycles. The first-order valence-electron chi connectivity index (χ1n) is 5.63. The molecule has 0 aromatic carbocycles. The van der Waals surface area contributed by atoms with Gasteiger partial charge in [0.2, 0.25) is 5.95 Å². The maximum absolute atomic E-state index is 12.8. The number of hydrogen-bond donors (Lipinski definition) is 1. The zero-order valence-corrected chi connectivity index (χ0v) is 9.04. The van der Waals surface area contributed by atoms with Crippen LogP contribution in [0.3, 0.4) is 0 Å². The molecule has 0 amide bonds. The van der Waals surface area contributed by atoms with E-state index in [1.165, 1.54) is 25.3 Å². The molecule has 2 atom stereocenters. The molecule has 2 rings (SSSR count). The number of halogens is 1. The van der Waals surface area contributed by atoms with Crippen molar-refractivity contribution < 1.29 is 4.39 Å². The second kappa shape index (κ2) is 4.60. The molecule has 82 valence electrons. The summed E-state index contributed by atoms with van der Waals surface area (Å²) in [5.41, 5.74) is 0. The third-order valence-corrected chi connectivity index (χ3v) is 3.00. The molecule has 2 nitrogen and oxygen atoms in total. The Morgan fingerprint density at radius 3 is 3.00 bits per heavy atom. The zero-order valence-electron chi connectivity index (χ0n) is 9.04. The Hall–Kier alpha value is -1.12. The topological polar surface area (TPSA) is 24.9 Å². The lowest BCUT2D eigenvalue weighted by atomic mass is 9.87. The van der Waals surface area contributed by atoms with E-state index in [9.17, 15) is 4.39 Å². The van der Waals surface area contributed by atoms with Crippen molar-refractivity contribution in [1.82, 2.24) is 4.98 Å². The van der Waals surface area contributed by atoms with Crippen LogP contribution in [0.5, 0.6) is 0 Å². The summed E-state index contributed by atoms with van der Waals surface area (Å²) in [5, 5.41) is 3.30.